The summed E-state index contributed by atoms with van der Waals surface area (Å²) in [5, 5.41) is 18.9. The number of ether oxygens (including phenoxy) is 2. The maximum absolute atomic E-state index is 14.9. The van der Waals surface area contributed by atoms with Gasteiger partial charge in [-0.3, -0.25) is 24.0 Å². The zero-order valence-electron chi connectivity index (χ0n) is 54.8. The van der Waals surface area contributed by atoms with Gasteiger partial charge in [-0.25, -0.2) is 31.1 Å². The van der Waals surface area contributed by atoms with Gasteiger partial charge in [-0.2, -0.15) is 5.10 Å². The number of nitrogens with zero attached hydrogens (tertiary/aromatic N) is 6. The Labute approximate surface area is 563 Å². The van der Waals surface area contributed by atoms with E-state index in [-0.39, 0.29) is 53.4 Å². The number of hydrogen-bond acceptors (Lipinski definition) is 13. The lowest BCUT2D eigenvalue weighted by Gasteiger charge is -2.37. The summed E-state index contributed by atoms with van der Waals surface area (Å²) in [6.45, 7) is 6.65. The van der Waals surface area contributed by atoms with Crippen LogP contribution in [0.1, 0.15) is 201 Å². The molecule has 15 rings (SSSR count). The lowest BCUT2D eigenvalue weighted by Crippen LogP contribution is -2.52. The summed E-state index contributed by atoms with van der Waals surface area (Å²) in [6.07, 6.45) is 17.9. The van der Waals surface area contributed by atoms with E-state index in [0.29, 0.717) is 71.5 Å². The van der Waals surface area contributed by atoms with Gasteiger partial charge in [-0.05, 0) is 213 Å². The van der Waals surface area contributed by atoms with Crippen molar-refractivity contribution in [2.75, 3.05) is 40.4 Å². The highest BCUT2D eigenvalue weighted by Crippen LogP contribution is 2.54. The molecule has 3 saturated carbocycles. The summed E-state index contributed by atoms with van der Waals surface area (Å²) in [5.74, 6) is -1.44. The molecule has 0 radical (unpaired) electrons. The first-order valence-corrected chi connectivity index (χ1v) is 37.9. The van der Waals surface area contributed by atoms with Gasteiger partial charge >= 0.3 is 5.97 Å². The number of carbonyl (C=O) groups excluding carboxylic acids is 3. The highest BCUT2D eigenvalue weighted by atomic mass is 32.2. The predicted molar refractivity (Wildman–Crippen MR) is 374 cm³/mol. The predicted octanol–water partition coefficient (Wildman–Crippen LogP) is 13.0. The molecule has 96 heavy (non-hydrogen) atoms. The molecule has 5 fully saturated rings. The number of hydrogen-bond donors (Lipinski definition) is 3. The molecule has 4 aromatic carbocycles. The molecule has 8 aromatic rings. The fourth-order valence-electron chi connectivity index (χ4n) is 16.7. The molecular weight excluding hydrogens is 1270 g/mol. The van der Waals surface area contributed by atoms with Crippen LogP contribution < -0.4 is 18.9 Å². The Kier molecular flexibility index (Phi) is 16.6. The number of nitrogens with one attached hydrogen (secondary N) is 2. The molecule has 4 aromatic heterocycles. The normalized spacial score (nSPS) is 20.1. The first-order valence-electron chi connectivity index (χ1n) is 33.9. The lowest BCUT2D eigenvalue weighted by atomic mass is 9.73. The number of amides is 3. The van der Waals surface area contributed by atoms with Crippen LogP contribution in [-0.2, 0) is 40.2 Å². The number of thiophene rings is 1. The standard InChI is InChI=1S/C74H80N8O11S3/c1-42(2)95(88,89)76-71(83)46-19-23-58-62(35-46)82-39-51(32-49-34-54(93-5)22-26-57(49)68(82)64(58)43-12-7-6-8-13-43)70-66(74(86)87)61(41-94-70)44-14-9-15-45(30-44)65-59-24-20-47(72(84)77-96(90,91)55-17-10-18-55)36-63(59)81-38-50(31-48-33-53(92-4)21-25-56(48)69(65)81)67-60(37-75-78(67)3)73(85)80-29-28-79-27-11-16-52(79)40-80/h19-26,31-37,41-45,52,55H,6-18,27-30,38-40H2,1-5H3,(H,76,83)(H,77,84)(H,86,87). The monoisotopic (exact) mass is 1350 g/mol. The first-order chi connectivity index (χ1) is 46.3. The molecule has 4 aliphatic heterocycles. The quantitative estimate of drug-likeness (QED) is 0.0868. The van der Waals surface area contributed by atoms with Crippen LogP contribution in [0.5, 0.6) is 11.5 Å². The highest BCUT2D eigenvalue weighted by Gasteiger charge is 2.40. The van der Waals surface area contributed by atoms with Gasteiger partial charge in [0.25, 0.3) is 17.7 Å². The minimum Gasteiger partial charge on any atom is -0.497 e. The van der Waals surface area contributed by atoms with Crippen LogP contribution in [0.25, 0.3) is 67.6 Å². The van der Waals surface area contributed by atoms with E-state index < -0.39 is 48.3 Å². The second-order valence-electron chi connectivity index (χ2n) is 27.7. The van der Waals surface area contributed by atoms with E-state index in [1.165, 1.54) is 25.2 Å². The molecule has 500 valence electrons. The van der Waals surface area contributed by atoms with Crippen molar-refractivity contribution in [3.05, 3.63) is 145 Å². The SMILES string of the molecule is COc1ccc2c(c1)C=C(c1scc(C3CCCC(c4c5n(c6cc(C(=O)NS(=O)(=O)C7CCC7)ccc46)CC(c4c(C(=O)N6CCN7CCCC7C6)cnn4C)=Cc4cc(OC)ccc4-5)C3)c1C(=O)O)Cn1c-2c(C2CCCCC2)c2ccc(C(=O)NS(=O)(=O)C(C)C)cc21. The molecular formula is C74H80N8O11S3. The molecule has 3 unspecified atom stereocenters. The molecule has 0 spiro atoms. The summed E-state index contributed by atoms with van der Waals surface area (Å²) >= 11 is 1.42. The van der Waals surface area contributed by atoms with Crippen LogP contribution >= 0.6 is 11.3 Å². The maximum atomic E-state index is 14.9. The molecule has 0 bridgehead atoms. The van der Waals surface area contributed by atoms with Crippen molar-refractivity contribution in [3.8, 4) is 34.0 Å². The number of aromatic nitrogens is 4. The fourth-order valence-corrected chi connectivity index (χ4v) is 20.0. The Morgan fingerprint density at radius 3 is 1.85 bits per heavy atom. The Hall–Kier alpha value is -8.31. The molecule has 3 atom stereocenters. The van der Waals surface area contributed by atoms with Crippen molar-refractivity contribution in [3.63, 3.8) is 0 Å². The number of carboxylic acids is 1. The highest BCUT2D eigenvalue weighted by molar-refractivity contribution is 7.91. The Morgan fingerprint density at radius 2 is 1.24 bits per heavy atom. The van der Waals surface area contributed by atoms with Gasteiger partial charge in [0, 0.05) is 88.2 Å². The van der Waals surface area contributed by atoms with Crippen LogP contribution in [0.2, 0.25) is 0 Å². The van der Waals surface area contributed by atoms with E-state index in [9.17, 15) is 41.1 Å². The largest absolute Gasteiger partial charge is 0.497 e. The Balaban J connectivity index is 0.846. The Morgan fingerprint density at radius 1 is 0.646 bits per heavy atom. The van der Waals surface area contributed by atoms with Crippen molar-refractivity contribution >= 4 is 100 Å². The van der Waals surface area contributed by atoms with Gasteiger partial charge in [0.2, 0.25) is 20.0 Å². The minimum atomic E-state index is -3.96. The molecule has 2 saturated heterocycles. The van der Waals surface area contributed by atoms with Crippen molar-refractivity contribution in [2.24, 2.45) is 7.05 Å². The molecule has 19 nitrogen and oxygen atoms in total. The lowest BCUT2D eigenvalue weighted by molar-refractivity contribution is 0.0570. The average molecular weight is 1350 g/mol. The van der Waals surface area contributed by atoms with Crippen molar-refractivity contribution < 1.29 is 50.6 Å². The number of allylic oxidation sites excluding steroid dienone is 2. The number of piperazine rings is 1. The molecule has 7 aliphatic rings. The van der Waals surface area contributed by atoms with Crippen LogP contribution in [-0.4, -0.2) is 131 Å². The topological polar surface area (TPSA) is 233 Å². The van der Waals surface area contributed by atoms with Gasteiger partial charge in [0.1, 0.15) is 11.5 Å². The molecule has 3 amide bonds. The zero-order chi connectivity index (χ0) is 66.6. The minimum absolute atomic E-state index is 0.0820. The summed E-state index contributed by atoms with van der Waals surface area (Å²) in [4.78, 5) is 62.6. The number of carboxylic acid groups (broad SMARTS) is 1. The second-order valence-corrected chi connectivity index (χ2v) is 32.7. The zero-order valence-corrected chi connectivity index (χ0v) is 57.2. The number of sulfonamides is 2. The molecule has 3 N–H and O–H groups in total. The average Bonchev–Trinajstić information content (AvgIpc) is 1.58. The number of fused-ring (bicyclic) bond motifs is 11. The van der Waals surface area contributed by atoms with Crippen LogP contribution in [0, 0.1) is 0 Å². The number of methoxy groups -OCH3 is 2. The second kappa shape index (κ2) is 25.0. The van der Waals surface area contributed by atoms with E-state index in [1.54, 1.807) is 49.4 Å². The van der Waals surface area contributed by atoms with Crippen LogP contribution in [0.4, 0.5) is 0 Å². The number of rotatable bonds is 15. The molecule has 3 aliphatic carbocycles. The van der Waals surface area contributed by atoms with Crippen molar-refractivity contribution in [1.82, 2.24) is 38.2 Å². The Bertz CT molecular complexity index is 4850. The third-order valence-electron chi connectivity index (χ3n) is 21.9. The van der Waals surface area contributed by atoms with E-state index in [2.05, 4.69) is 47.8 Å². The number of carbonyl (C=O) groups is 4. The summed E-state index contributed by atoms with van der Waals surface area (Å²) in [7, 11) is -2.77. The van der Waals surface area contributed by atoms with E-state index in [4.69, 9.17) is 14.6 Å². The van der Waals surface area contributed by atoms with Gasteiger partial charge in [0.15, 0.2) is 0 Å². The third kappa shape index (κ3) is 11.2. The van der Waals surface area contributed by atoms with Gasteiger partial charge < -0.3 is 28.6 Å². The fraction of sp³-hybridized carbons (Fsp3) is 0.419. The van der Waals surface area contributed by atoms with E-state index in [0.717, 1.165) is 161 Å². The molecule has 8 heterocycles. The number of aryl methyl sites for hydroxylation is 1. The van der Waals surface area contributed by atoms with Gasteiger partial charge in [-0.1, -0.05) is 44.2 Å². The smallest absolute Gasteiger partial charge is 0.337 e. The van der Waals surface area contributed by atoms with E-state index in [1.807, 2.05) is 53.7 Å². The maximum Gasteiger partial charge on any atom is 0.337 e. The summed E-state index contributed by atoms with van der Waals surface area (Å²) in [5.41, 5.74) is 13.2. The number of benzene rings is 4. The van der Waals surface area contributed by atoms with Crippen LogP contribution in [0.3, 0.4) is 0 Å². The van der Waals surface area contributed by atoms with Crippen molar-refractivity contribution in [1.29, 1.82) is 0 Å². The first kappa shape index (κ1) is 63.7. The van der Waals surface area contributed by atoms with Crippen LogP contribution in [0.15, 0.2) is 84.4 Å². The van der Waals surface area contributed by atoms with Crippen molar-refractivity contribution in [2.45, 2.75) is 151 Å². The summed E-state index contributed by atoms with van der Waals surface area (Å²) < 4.78 is 76.0. The number of aromatic carboxylic acids is 1. The summed E-state index contributed by atoms with van der Waals surface area (Å²) in [6, 6.07) is 23.2. The van der Waals surface area contributed by atoms with E-state index >= 15 is 0 Å². The molecule has 22 heteroatoms. The van der Waals surface area contributed by atoms with Gasteiger partial charge in [0.05, 0.1) is 65.7 Å². The van der Waals surface area contributed by atoms with Gasteiger partial charge in [-0.15, -0.1) is 11.3 Å². The third-order valence-corrected chi connectivity index (χ3v) is 26.5.